The second-order valence-corrected chi connectivity index (χ2v) is 5.20. The Hall–Kier alpha value is -0.0800. The Bertz CT molecular complexity index is 166. The summed E-state index contributed by atoms with van der Waals surface area (Å²) in [6.07, 6.45) is 3.95. The van der Waals surface area contributed by atoms with Crippen molar-refractivity contribution in [3.63, 3.8) is 0 Å². The second kappa shape index (κ2) is 6.49. The van der Waals surface area contributed by atoms with E-state index in [0.29, 0.717) is 0 Å². The van der Waals surface area contributed by atoms with Gasteiger partial charge in [-0.15, -0.1) is 0 Å². The normalized spacial score (nSPS) is 28.6. The highest BCUT2D eigenvalue weighted by Crippen LogP contribution is 2.23. The molecule has 1 heterocycles. The van der Waals surface area contributed by atoms with Gasteiger partial charge < -0.3 is 10.6 Å². The molecule has 1 saturated heterocycles. The topological polar surface area (TPSA) is 29.3 Å². The number of nitrogens with zero attached hydrogens (tertiary/aromatic N) is 1. The highest BCUT2D eigenvalue weighted by molar-refractivity contribution is 4.79. The van der Waals surface area contributed by atoms with Crippen LogP contribution in [0, 0.1) is 17.8 Å². The van der Waals surface area contributed by atoms with E-state index in [1.54, 1.807) is 0 Å². The summed E-state index contributed by atoms with van der Waals surface area (Å²) < 4.78 is 0. The van der Waals surface area contributed by atoms with Gasteiger partial charge in [0.2, 0.25) is 0 Å². The molecule has 2 atom stereocenters. The molecule has 15 heavy (non-hydrogen) atoms. The summed E-state index contributed by atoms with van der Waals surface area (Å²) in [6.45, 7) is 11.7. The minimum Gasteiger partial charge on any atom is -0.330 e. The highest BCUT2D eigenvalue weighted by Gasteiger charge is 2.25. The third kappa shape index (κ3) is 3.76. The predicted octanol–water partition coefficient (Wildman–Crippen LogP) is 2.34. The molecule has 0 amide bonds. The van der Waals surface area contributed by atoms with Crippen LogP contribution in [0.1, 0.15) is 40.0 Å². The summed E-state index contributed by atoms with van der Waals surface area (Å²) in [5.74, 6) is 2.45. The lowest BCUT2D eigenvalue weighted by Gasteiger charge is -2.37. The molecule has 2 unspecified atom stereocenters. The van der Waals surface area contributed by atoms with Gasteiger partial charge in [0.05, 0.1) is 0 Å². The van der Waals surface area contributed by atoms with E-state index in [2.05, 4.69) is 25.7 Å². The van der Waals surface area contributed by atoms with E-state index in [9.17, 15) is 0 Å². The van der Waals surface area contributed by atoms with Crippen LogP contribution in [0.25, 0.3) is 0 Å². The molecule has 1 aliphatic heterocycles. The molecular weight excluding hydrogens is 184 g/mol. The first-order valence-corrected chi connectivity index (χ1v) is 6.63. The summed E-state index contributed by atoms with van der Waals surface area (Å²) in [6, 6.07) is 0. The van der Waals surface area contributed by atoms with Crippen molar-refractivity contribution in [1.29, 1.82) is 0 Å². The van der Waals surface area contributed by atoms with Crippen molar-refractivity contribution >= 4 is 0 Å². The zero-order valence-electron chi connectivity index (χ0n) is 10.7. The first-order chi connectivity index (χ1) is 7.21. The summed E-state index contributed by atoms with van der Waals surface area (Å²) in [7, 11) is 0. The molecule has 0 aromatic carbocycles. The van der Waals surface area contributed by atoms with Gasteiger partial charge in [-0.05, 0) is 37.3 Å². The summed E-state index contributed by atoms with van der Waals surface area (Å²) >= 11 is 0. The van der Waals surface area contributed by atoms with E-state index in [4.69, 9.17) is 5.73 Å². The largest absolute Gasteiger partial charge is 0.330 e. The maximum Gasteiger partial charge on any atom is 0.00103 e. The number of nitrogens with two attached hydrogens (primary N) is 1. The minimum atomic E-state index is 0.767. The Labute approximate surface area is 95.2 Å². The standard InChI is InChI=1S/C13H28N2/c1-4-12(5-2)10-15-7-6-13(8-14)11(3)9-15/h11-13H,4-10,14H2,1-3H3. The Morgan fingerprint density at radius 1 is 1.33 bits per heavy atom. The van der Waals surface area contributed by atoms with Crippen LogP contribution in [0.15, 0.2) is 0 Å². The fourth-order valence-corrected chi connectivity index (χ4v) is 2.71. The van der Waals surface area contributed by atoms with Crippen LogP contribution in [0.4, 0.5) is 0 Å². The van der Waals surface area contributed by atoms with Crippen molar-refractivity contribution in [1.82, 2.24) is 4.90 Å². The lowest BCUT2D eigenvalue weighted by Crippen LogP contribution is -2.43. The molecule has 0 aromatic heterocycles. The van der Waals surface area contributed by atoms with Gasteiger partial charge in [-0.1, -0.05) is 33.6 Å². The minimum absolute atomic E-state index is 0.767. The molecule has 90 valence electrons. The SMILES string of the molecule is CCC(CC)CN1CCC(CN)C(C)C1. The van der Waals surface area contributed by atoms with Crippen LogP contribution in [-0.4, -0.2) is 31.1 Å². The van der Waals surface area contributed by atoms with Gasteiger partial charge in [0.15, 0.2) is 0 Å². The van der Waals surface area contributed by atoms with E-state index >= 15 is 0 Å². The maximum atomic E-state index is 5.77. The Morgan fingerprint density at radius 2 is 2.00 bits per heavy atom. The quantitative estimate of drug-likeness (QED) is 0.758. The van der Waals surface area contributed by atoms with Crippen molar-refractivity contribution in [2.75, 3.05) is 26.2 Å². The molecule has 1 aliphatic rings. The third-order valence-electron chi connectivity index (χ3n) is 4.14. The van der Waals surface area contributed by atoms with Gasteiger partial charge in [-0.3, -0.25) is 0 Å². The molecule has 0 radical (unpaired) electrons. The van der Waals surface area contributed by atoms with Gasteiger partial charge in [0, 0.05) is 13.1 Å². The monoisotopic (exact) mass is 212 g/mol. The second-order valence-electron chi connectivity index (χ2n) is 5.20. The van der Waals surface area contributed by atoms with Crippen molar-refractivity contribution in [2.45, 2.75) is 40.0 Å². The fraction of sp³-hybridized carbons (Fsp3) is 1.00. The van der Waals surface area contributed by atoms with E-state index in [1.807, 2.05) is 0 Å². The summed E-state index contributed by atoms with van der Waals surface area (Å²) in [5.41, 5.74) is 5.77. The van der Waals surface area contributed by atoms with E-state index < -0.39 is 0 Å². The zero-order valence-corrected chi connectivity index (χ0v) is 10.7. The van der Waals surface area contributed by atoms with Gasteiger partial charge in [0.25, 0.3) is 0 Å². The first-order valence-electron chi connectivity index (χ1n) is 6.63. The van der Waals surface area contributed by atoms with Crippen LogP contribution in [-0.2, 0) is 0 Å². The van der Waals surface area contributed by atoms with Crippen LogP contribution in [0.3, 0.4) is 0 Å². The Balaban J connectivity index is 2.33. The number of piperidine rings is 1. The lowest BCUT2D eigenvalue weighted by atomic mass is 9.86. The van der Waals surface area contributed by atoms with Crippen LogP contribution in [0.5, 0.6) is 0 Å². The smallest absolute Gasteiger partial charge is 0.00103 e. The van der Waals surface area contributed by atoms with Gasteiger partial charge >= 0.3 is 0 Å². The summed E-state index contributed by atoms with van der Waals surface area (Å²) in [4.78, 5) is 2.65. The zero-order chi connectivity index (χ0) is 11.3. The molecule has 2 nitrogen and oxygen atoms in total. The highest BCUT2D eigenvalue weighted by atomic mass is 15.1. The van der Waals surface area contributed by atoms with Gasteiger partial charge in [0.1, 0.15) is 0 Å². The first kappa shape index (κ1) is 13.0. The van der Waals surface area contributed by atoms with Crippen molar-refractivity contribution in [2.24, 2.45) is 23.5 Å². The van der Waals surface area contributed by atoms with Gasteiger partial charge in [-0.25, -0.2) is 0 Å². The molecule has 1 fully saturated rings. The van der Waals surface area contributed by atoms with Crippen molar-refractivity contribution in [3.8, 4) is 0 Å². The molecule has 0 saturated carbocycles. The molecule has 0 aromatic rings. The molecule has 0 bridgehead atoms. The number of likely N-dealkylation sites (tertiary alicyclic amines) is 1. The van der Waals surface area contributed by atoms with Crippen LogP contribution >= 0.6 is 0 Å². The third-order valence-corrected chi connectivity index (χ3v) is 4.14. The number of hydrogen-bond acceptors (Lipinski definition) is 2. The van der Waals surface area contributed by atoms with E-state index in [1.165, 1.54) is 38.9 Å². The Kier molecular flexibility index (Phi) is 5.62. The van der Waals surface area contributed by atoms with Crippen molar-refractivity contribution in [3.05, 3.63) is 0 Å². The van der Waals surface area contributed by atoms with Crippen LogP contribution in [0.2, 0.25) is 0 Å². The molecule has 0 aliphatic carbocycles. The molecule has 2 N–H and O–H groups in total. The molecule has 1 rings (SSSR count). The maximum absolute atomic E-state index is 5.77. The average Bonchev–Trinajstić information content (AvgIpc) is 2.26. The summed E-state index contributed by atoms with van der Waals surface area (Å²) in [5, 5.41) is 0. The fourth-order valence-electron chi connectivity index (χ4n) is 2.71. The number of hydrogen-bond donors (Lipinski definition) is 1. The molecular formula is C13H28N2. The molecule has 0 spiro atoms. The van der Waals surface area contributed by atoms with Gasteiger partial charge in [-0.2, -0.15) is 0 Å². The van der Waals surface area contributed by atoms with Crippen LogP contribution < -0.4 is 5.73 Å². The number of rotatable bonds is 5. The van der Waals surface area contributed by atoms with E-state index in [0.717, 1.165) is 24.3 Å². The van der Waals surface area contributed by atoms with Crippen molar-refractivity contribution < 1.29 is 0 Å². The molecule has 2 heteroatoms. The Morgan fingerprint density at radius 3 is 2.47 bits per heavy atom. The average molecular weight is 212 g/mol. The predicted molar refractivity (Wildman–Crippen MR) is 66.8 cm³/mol. The lowest BCUT2D eigenvalue weighted by molar-refractivity contribution is 0.114. The van der Waals surface area contributed by atoms with E-state index in [-0.39, 0.29) is 0 Å².